The van der Waals surface area contributed by atoms with Gasteiger partial charge in [-0.2, -0.15) is 0 Å². The summed E-state index contributed by atoms with van der Waals surface area (Å²) in [5.74, 6) is -1.10. The maximum absolute atomic E-state index is 12.6. The molecule has 7 heteroatoms. The Labute approximate surface area is 156 Å². The highest BCUT2D eigenvalue weighted by Crippen LogP contribution is 2.31. The minimum absolute atomic E-state index is 0.0445. The number of ether oxygens (including phenoxy) is 1. The lowest BCUT2D eigenvalue weighted by molar-refractivity contribution is -0.147. The highest BCUT2D eigenvalue weighted by molar-refractivity contribution is 7.13. The Kier molecular flexibility index (Phi) is 5.68. The Morgan fingerprint density at radius 3 is 2.73 bits per heavy atom. The summed E-state index contributed by atoms with van der Waals surface area (Å²) in [6.45, 7) is 0.398. The Morgan fingerprint density at radius 2 is 2.08 bits per heavy atom. The molecule has 0 spiro atoms. The molecule has 1 aromatic heterocycles. The van der Waals surface area contributed by atoms with Crippen molar-refractivity contribution >= 4 is 23.2 Å². The van der Waals surface area contributed by atoms with Crippen molar-refractivity contribution in [3.05, 3.63) is 40.9 Å². The molecule has 2 aromatic rings. The van der Waals surface area contributed by atoms with Gasteiger partial charge in [0.05, 0.1) is 0 Å². The molecule has 0 bridgehead atoms. The first-order chi connectivity index (χ1) is 12.5. The van der Waals surface area contributed by atoms with E-state index in [0.29, 0.717) is 11.6 Å². The molecule has 1 aliphatic carbocycles. The van der Waals surface area contributed by atoms with E-state index in [1.54, 1.807) is 7.11 Å². The number of nitrogens with one attached hydrogen (secondary N) is 1. The third-order valence-corrected chi connectivity index (χ3v) is 5.71. The van der Waals surface area contributed by atoms with E-state index in [4.69, 9.17) is 9.84 Å². The van der Waals surface area contributed by atoms with Gasteiger partial charge in [-0.05, 0) is 24.5 Å². The molecular formula is C19H22N2O4S. The number of hydrogen-bond acceptors (Lipinski definition) is 5. The molecule has 0 radical (unpaired) electrons. The molecule has 6 nitrogen and oxygen atoms in total. The number of rotatable bonds is 6. The summed E-state index contributed by atoms with van der Waals surface area (Å²) >= 11 is 1.29. The van der Waals surface area contributed by atoms with Gasteiger partial charge in [0.25, 0.3) is 5.91 Å². The number of thiazole rings is 1. The number of aromatic nitrogens is 1. The molecule has 26 heavy (non-hydrogen) atoms. The number of amides is 1. The molecule has 1 heterocycles. The van der Waals surface area contributed by atoms with Gasteiger partial charge in [-0.15, -0.1) is 11.3 Å². The molecule has 1 aliphatic rings. The van der Waals surface area contributed by atoms with Crippen LogP contribution in [-0.2, 0) is 16.1 Å². The van der Waals surface area contributed by atoms with Crippen LogP contribution in [0.2, 0.25) is 0 Å². The van der Waals surface area contributed by atoms with E-state index in [9.17, 15) is 9.59 Å². The van der Waals surface area contributed by atoms with Crippen LogP contribution in [0.15, 0.2) is 29.6 Å². The molecular weight excluding hydrogens is 352 g/mol. The first kappa shape index (κ1) is 18.5. The van der Waals surface area contributed by atoms with Gasteiger partial charge in [0, 0.05) is 24.6 Å². The Bertz CT molecular complexity index is 796. The molecule has 1 fully saturated rings. The number of hydrogen-bond donors (Lipinski definition) is 2. The molecule has 1 aromatic carbocycles. The van der Waals surface area contributed by atoms with Crippen LogP contribution >= 0.6 is 11.3 Å². The molecule has 0 atom stereocenters. The van der Waals surface area contributed by atoms with Crippen molar-refractivity contribution in [1.82, 2.24) is 10.3 Å². The Morgan fingerprint density at radius 1 is 1.31 bits per heavy atom. The van der Waals surface area contributed by atoms with Gasteiger partial charge in [-0.25, -0.2) is 9.78 Å². The van der Waals surface area contributed by atoms with Crippen LogP contribution in [-0.4, -0.2) is 34.7 Å². The van der Waals surface area contributed by atoms with Gasteiger partial charge < -0.3 is 15.2 Å². The molecule has 138 valence electrons. The lowest BCUT2D eigenvalue weighted by Crippen LogP contribution is -2.49. The van der Waals surface area contributed by atoms with Gasteiger partial charge in [0.1, 0.15) is 10.6 Å². The zero-order valence-corrected chi connectivity index (χ0v) is 15.5. The van der Waals surface area contributed by atoms with Crippen molar-refractivity contribution in [2.45, 2.75) is 44.2 Å². The second kappa shape index (κ2) is 7.97. The van der Waals surface area contributed by atoms with E-state index in [-0.39, 0.29) is 11.6 Å². The fourth-order valence-electron chi connectivity index (χ4n) is 3.31. The minimum Gasteiger partial charge on any atom is -0.476 e. The minimum atomic E-state index is -1.03. The molecule has 0 saturated heterocycles. The largest absolute Gasteiger partial charge is 0.476 e. The van der Waals surface area contributed by atoms with Crippen molar-refractivity contribution in [3.8, 4) is 10.6 Å². The number of carboxylic acid groups (broad SMARTS) is 1. The number of methoxy groups -OCH3 is 1. The van der Waals surface area contributed by atoms with Crippen LogP contribution in [0.1, 0.15) is 48.2 Å². The van der Waals surface area contributed by atoms with Crippen LogP contribution in [0.3, 0.4) is 0 Å². The maximum atomic E-state index is 12.6. The quantitative estimate of drug-likeness (QED) is 0.808. The predicted molar refractivity (Wildman–Crippen MR) is 99.2 cm³/mol. The topological polar surface area (TPSA) is 88.5 Å². The first-order valence-corrected chi connectivity index (χ1v) is 9.54. The monoisotopic (exact) mass is 374 g/mol. The third-order valence-electron chi connectivity index (χ3n) is 4.82. The maximum Gasteiger partial charge on any atom is 0.355 e. The number of aromatic carboxylic acids is 1. The van der Waals surface area contributed by atoms with E-state index in [1.165, 1.54) is 16.7 Å². The third kappa shape index (κ3) is 3.94. The number of benzene rings is 1. The molecule has 3 rings (SSSR count). The number of carboxylic acids is 1. The molecule has 0 aliphatic heterocycles. The lowest BCUT2D eigenvalue weighted by Gasteiger charge is -2.34. The number of carbonyl (C=O) groups excluding carboxylic acids is 1. The van der Waals surface area contributed by atoms with E-state index < -0.39 is 11.6 Å². The lowest BCUT2D eigenvalue weighted by atomic mass is 9.84. The van der Waals surface area contributed by atoms with E-state index in [1.807, 2.05) is 24.3 Å². The van der Waals surface area contributed by atoms with Gasteiger partial charge in [-0.1, -0.05) is 37.5 Å². The van der Waals surface area contributed by atoms with Crippen LogP contribution < -0.4 is 5.32 Å². The standard InChI is InChI=1S/C19H22N2O4S/c1-25-19(8-3-2-4-9-19)18(24)20-11-13-6-5-7-14(10-13)16-21-15(12-26-16)17(22)23/h5-7,10,12H,2-4,8-9,11H2,1H3,(H,20,24)(H,22,23). The SMILES string of the molecule is COC1(C(=O)NCc2cccc(-c3nc(C(=O)O)cs3)c2)CCCCC1. The molecule has 1 amide bonds. The normalized spacial score (nSPS) is 16.2. The van der Waals surface area contributed by atoms with Gasteiger partial charge in [0.15, 0.2) is 5.69 Å². The van der Waals surface area contributed by atoms with Crippen LogP contribution in [0.25, 0.3) is 10.6 Å². The van der Waals surface area contributed by atoms with Crippen molar-refractivity contribution in [2.24, 2.45) is 0 Å². The van der Waals surface area contributed by atoms with Gasteiger partial charge in [0.2, 0.25) is 0 Å². The fraction of sp³-hybridized carbons (Fsp3) is 0.421. The van der Waals surface area contributed by atoms with Gasteiger partial charge >= 0.3 is 5.97 Å². The van der Waals surface area contributed by atoms with Crippen molar-refractivity contribution in [1.29, 1.82) is 0 Å². The summed E-state index contributed by atoms with van der Waals surface area (Å²) < 4.78 is 5.57. The average molecular weight is 374 g/mol. The van der Waals surface area contributed by atoms with E-state index >= 15 is 0 Å². The smallest absolute Gasteiger partial charge is 0.355 e. The number of nitrogens with zero attached hydrogens (tertiary/aromatic N) is 1. The highest BCUT2D eigenvalue weighted by Gasteiger charge is 2.39. The summed E-state index contributed by atoms with van der Waals surface area (Å²) in [5, 5.41) is 14.2. The zero-order valence-electron chi connectivity index (χ0n) is 14.7. The van der Waals surface area contributed by atoms with Crippen LogP contribution in [0.5, 0.6) is 0 Å². The van der Waals surface area contributed by atoms with E-state index in [0.717, 1.165) is 43.2 Å². The van der Waals surface area contributed by atoms with Crippen molar-refractivity contribution in [2.75, 3.05) is 7.11 Å². The van der Waals surface area contributed by atoms with Crippen molar-refractivity contribution in [3.63, 3.8) is 0 Å². The summed E-state index contributed by atoms with van der Waals surface area (Å²) in [7, 11) is 1.61. The zero-order chi connectivity index (χ0) is 18.6. The Hall–Kier alpha value is -2.25. The summed E-state index contributed by atoms with van der Waals surface area (Å²) in [6.07, 6.45) is 4.67. The van der Waals surface area contributed by atoms with Crippen LogP contribution in [0, 0.1) is 0 Å². The molecule has 2 N–H and O–H groups in total. The first-order valence-electron chi connectivity index (χ1n) is 8.66. The van der Waals surface area contributed by atoms with Gasteiger partial charge in [-0.3, -0.25) is 4.79 Å². The fourth-order valence-corrected chi connectivity index (χ4v) is 4.10. The highest BCUT2D eigenvalue weighted by atomic mass is 32.1. The Balaban J connectivity index is 1.68. The van der Waals surface area contributed by atoms with Crippen molar-refractivity contribution < 1.29 is 19.4 Å². The molecule has 1 saturated carbocycles. The van der Waals surface area contributed by atoms with E-state index in [2.05, 4.69) is 10.3 Å². The predicted octanol–water partition coefficient (Wildman–Crippen LogP) is 3.47. The van der Waals surface area contributed by atoms with Crippen LogP contribution in [0.4, 0.5) is 0 Å². The summed E-state index contributed by atoms with van der Waals surface area (Å²) in [6, 6.07) is 7.61. The second-order valence-corrected chi connectivity index (χ2v) is 7.34. The molecule has 0 unspecified atom stereocenters. The summed E-state index contributed by atoms with van der Waals surface area (Å²) in [5.41, 5.74) is 1.11. The second-order valence-electron chi connectivity index (χ2n) is 6.49. The number of carbonyl (C=O) groups is 2. The average Bonchev–Trinajstić information content (AvgIpc) is 3.17. The summed E-state index contributed by atoms with van der Waals surface area (Å²) in [4.78, 5) is 27.8.